The summed E-state index contributed by atoms with van der Waals surface area (Å²) in [4.78, 5) is 13.3. The first-order valence-electron chi connectivity index (χ1n) is 5.00. The van der Waals surface area contributed by atoms with Crippen LogP contribution < -0.4 is 4.74 Å². The summed E-state index contributed by atoms with van der Waals surface area (Å²) in [6.45, 7) is 5.11. The molecule has 1 aromatic carbocycles. The summed E-state index contributed by atoms with van der Waals surface area (Å²) in [6, 6.07) is 5.44. The Labute approximate surface area is 112 Å². The van der Waals surface area contributed by atoms with Gasteiger partial charge >= 0.3 is 6.09 Å². The zero-order chi connectivity index (χ0) is 12.1. The Hall–Kier alpha value is -0.550. The molecule has 0 aliphatic carbocycles. The van der Waals surface area contributed by atoms with Crippen molar-refractivity contribution in [3.63, 3.8) is 0 Å². The van der Waals surface area contributed by atoms with E-state index in [0.29, 0.717) is 18.8 Å². The van der Waals surface area contributed by atoms with E-state index >= 15 is 0 Å². The van der Waals surface area contributed by atoms with Gasteiger partial charge in [0.05, 0.1) is 4.47 Å². The highest BCUT2D eigenvalue weighted by atomic mass is 79.9. The van der Waals surface area contributed by atoms with Crippen molar-refractivity contribution in [3.8, 4) is 5.75 Å². The maximum absolute atomic E-state index is 11.7. The second-order valence-corrected chi connectivity index (χ2v) is 4.74. The van der Waals surface area contributed by atoms with Gasteiger partial charge in [0.2, 0.25) is 0 Å². The number of carbonyl (C=O) groups excluding carboxylic acids is 1. The number of rotatable bonds is 3. The SMILES string of the molecule is CCN(CC)C(=O)Oc1cccc(Br)c1Br. The Bertz CT molecular complexity index is 378. The van der Waals surface area contributed by atoms with Crippen LogP contribution in [0.1, 0.15) is 13.8 Å². The van der Waals surface area contributed by atoms with Gasteiger partial charge in [-0.25, -0.2) is 4.79 Å². The largest absolute Gasteiger partial charge is 0.415 e. The molecular formula is C11H13Br2NO2. The van der Waals surface area contributed by atoms with Crippen molar-refractivity contribution in [1.82, 2.24) is 4.90 Å². The molecule has 0 saturated carbocycles. The van der Waals surface area contributed by atoms with Crippen LogP contribution in [0.25, 0.3) is 0 Å². The number of benzene rings is 1. The molecule has 0 fully saturated rings. The highest BCUT2D eigenvalue weighted by molar-refractivity contribution is 9.13. The summed E-state index contributed by atoms with van der Waals surface area (Å²) in [5, 5.41) is 0. The van der Waals surface area contributed by atoms with Gasteiger partial charge in [0.15, 0.2) is 0 Å². The van der Waals surface area contributed by atoms with Crippen LogP contribution in [0.5, 0.6) is 5.75 Å². The van der Waals surface area contributed by atoms with E-state index in [1.807, 2.05) is 26.0 Å². The number of hydrogen-bond donors (Lipinski definition) is 0. The third kappa shape index (κ3) is 3.22. The monoisotopic (exact) mass is 349 g/mol. The normalized spacial score (nSPS) is 10.0. The highest BCUT2D eigenvalue weighted by Gasteiger charge is 2.14. The van der Waals surface area contributed by atoms with Crippen LogP contribution in [0.2, 0.25) is 0 Å². The molecule has 88 valence electrons. The predicted octanol–water partition coefficient (Wildman–Crippen LogP) is 4.05. The Balaban J connectivity index is 2.80. The van der Waals surface area contributed by atoms with E-state index in [0.717, 1.165) is 8.95 Å². The first-order valence-corrected chi connectivity index (χ1v) is 6.59. The van der Waals surface area contributed by atoms with Gasteiger partial charge in [-0.15, -0.1) is 0 Å². The lowest BCUT2D eigenvalue weighted by atomic mass is 10.3. The molecule has 0 aliphatic rings. The molecule has 0 aliphatic heterocycles. The smallest absolute Gasteiger partial charge is 0.409 e. The Morgan fingerprint density at radius 1 is 1.31 bits per heavy atom. The first-order chi connectivity index (χ1) is 7.60. The molecule has 5 heteroatoms. The van der Waals surface area contributed by atoms with Crippen LogP contribution in [0, 0.1) is 0 Å². The van der Waals surface area contributed by atoms with Crippen LogP contribution in [-0.4, -0.2) is 24.1 Å². The zero-order valence-electron chi connectivity index (χ0n) is 9.17. The van der Waals surface area contributed by atoms with Crippen LogP contribution in [-0.2, 0) is 0 Å². The molecule has 3 nitrogen and oxygen atoms in total. The van der Waals surface area contributed by atoms with Gasteiger partial charge in [-0.05, 0) is 57.8 Å². The predicted molar refractivity (Wildman–Crippen MR) is 70.8 cm³/mol. The minimum Gasteiger partial charge on any atom is -0.409 e. The van der Waals surface area contributed by atoms with E-state index in [2.05, 4.69) is 31.9 Å². The topological polar surface area (TPSA) is 29.5 Å². The fourth-order valence-electron chi connectivity index (χ4n) is 1.20. The van der Waals surface area contributed by atoms with Gasteiger partial charge in [0.25, 0.3) is 0 Å². The van der Waals surface area contributed by atoms with Crippen LogP contribution >= 0.6 is 31.9 Å². The van der Waals surface area contributed by atoms with Gasteiger partial charge < -0.3 is 9.64 Å². The Morgan fingerprint density at radius 2 is 1.94 bits per heavy atom. The molecular weight excluding hydrogens is 338 g/mol. The minimum atomic E-state index is -0.330. The molecule has 1 rings (SSSR count). The van der Waals surface area contributed by atoms with E-state index < -0.39 is 0 Å². The van der Waals surface area contributed by atoms with Crippen molar-refractivity contribution in [2.24, 2.45) is 0 Å². The van der Waals surface area contributed by atoms with Crippen molar-refractivity contribution in [2.45, 2.75) is 13.8 Å². The molecule has 0 aromatic heterocycles. The van der Waals surface area contributed by atoms with Crippen LogP contribution in [0.15, 0.2) is 27.1 Å². The van der Waals surface area contributed by atoms with Gasteiger partial charge in [0, 0.05) is 17.6 Å². The molecule has 1 amide bonds. The van der Waals surface area contributed by atoms with Crippen molar-refractivity contribution in [2.75, 3.05) is 13.1 Å². The summed E-state index contributed by atoms with van der Waals surface area (Å²) < 4.78 is 6.88. The third-order valence-corrected chi connectivity index (χ3v) is 4.15. The summed E-state index contributed by atoms with van der Waals surface area (Å²) in [6.07, 6.45) is -0.330. The number of carbonyl (C=O) groups is 1. The lowest BCUT2D eigenvalue weighted by molar-refractivity contribution is 0.157. The number of nitrogens with zero attached hydrogens (tertiary/aromatic N) is 1. The summed E-state index contributed by atoms with van der Waals surface area (Å²) in [5.41, 5.74) is 0. The van der Waals surface area contributed by atoms with E-state index in [-0.39, 0.29) is 6.09 Å². The maximum atomic E-state index is 11.7. The fourth-order valence-corrected chi connectivity index (χ4v) is 1.90. The molecule has 0 heterocycles. The quantitative estimate of drug-likeness (QED) is 0.822. The lowest BCUT2D eigenvalue weighted by Crippen LogP contribution is -2.33. The standard InChI is InChI=1S/C11H13Br2NO2/c1-3-14(4-2)11(15)16-9-7-5-6-8(12)10(9)13/h5-7H,3-4H2,1-2H3. The second kappa shape index (κ2) is 6.25. The Kier molecular flexibility index (Phi) is 5.28. The van der Waals surface area contributed by atoms with Gasteiger partial charge in [-0.2, -0.15) is 0 Å². The van der Waals surface area contributed by atoms with E-state index in [4.69, 9.17) is 4.74 Å². The van der Waals surface area contributed by atoms with Crippen molar-refractivity contribution < 1.29 is 9.53 Å². The minimum absolute atomic E-state index is 0.330. The van der Waals surface area contributed by atoms with Crippen LogP contribution in [0.3, 0.4) is 0 Å². The molecule has 0 radical (unpaired) electrons. The second-order valence-electron chi connectivity index (χ2n) is 3.09. The average molecular weight is 351 g/mol. The molecule has 0 atom stereocenters. The lowest BCUT2D eigenvalue weighted by Gasteiger charge is -2.18. The summed E-state index contributed by atoms with van der Waals surface area (Å²) in [5.74, 6) is 0.520. The third-order valence-electron chi connectivity index (χ3n) is 2.14. The van der Waals surface area contributed by atoms with Crippen molar-refractivity contribution >= 4 is 38.0 Å². The van der Waals surface area contributed by atoms with Gasteiger partial charge in [-0.1, -0.05) is 6.07 Å². The molecule has 0 spiro atoms. The van der Waals surface area contributed by atoms with E-state index in [1.165, 1.54) is 0 Å². The summed E-state index contributed by atoms with van der Waals surface area (Å²) in [7, 11) is 0. The molecule has 0 bridgehead atoms. The first kappa shape index (κ1) is 13.5. The fraction of sp³-hybridized carbons (Fsp3) is 0.364. The zero-order valence-corrected chi connectivity index (χ0v) is 12.3. The molecule has 0 unspecified atom stereocenters. The van der Waals surface area contributed by atoms with E-state index in [9.17, 15) is 4.79 Å². The van der Waals surface area contributed by atoms with Gasteiger partial charge in [-0.3, -0.25) is 0 Å². The summed E-state index contributed by atoms with van der Waals surface area (Å²) >= 11 is 6.71. The molecule has 0 N–H and O–H groups in total. The van der Waals surface area contributed by atoms with Crippen molar-refractivity contribution in [3.05, 3.63) is 27.1 Å². The molecule has 1 aromatic rings. The highest BCUT2D eigenvalue weighted by Crippen LogP contribution is 2.32. The molecule has 0 saturated heterocycles. The molecule has 16 heavy (non-hydrogen) atoms. The van der Waals surface area contributed by atoms with Crippen molar-refractivity contribution in [1.29, 1.82) is 0 Å². The maximum Gasteiger partial charge on any atom is 0.415 e. The number of amides is 1. The average Bonchev–Trinajstić information content (AvgIpc) is 2.26. The number of hydrogen-bond acceptors (Lipinski definition) is 2. The number of ether oxygens (including phenoxy) is 1. The Morgan fingerprint density at radius 3 is 2.50 bits per heavy atom. The number of halogens is 2. The van der Waals surface area contributed by atoms with Crippen LogP contribution in [0.4, 0.5) is 4.79 Å². The van der Waals surface area contributed by atoms with E-state index in [1.54, 1.807) is 11.0 Å². The van der Waals surface area contributed by atoms with Gasteiger partial charge in [0.1, 0.15) is 5.75 Å².